The Morgan fingerprint density at radius 1 is 1.30 bits per heavy atom. The minimum Gasteiger partial charge on any atom is -0.396 e. The van der Waals surface area contributed by atoms with E-state index in [-0.39, 0.29) is 6.61 Å². The third-order valence-electron chi connectivity index (χ3n) is 3.66. The van der Waals surface area contributed by atoms with Gasteiger partial charge >= 0.3 is 0 Å². The summed E-state index contributed by atoms with van der Waals surface area (Å²) in [6.45, 7) is 1.99. The van der Waals surface area contributed by atoms with Crippen molar-refractivity contribution >= 4 is 15.7 Å². The van der Waals surface area contributed by atoms with Crippen LogP contribution in [0.15, 0.2) is 23.1 Å². The van der Waals surface area contributed by atoms with Crippen LogP contribution in [0.5, 0.6) is 0 Å². The number of nitrogens with zero attached hydrogens (tertiary/aromatic N) is 2. The molecule has 0 radical (unpaired) electrons. The molecule has 6 heteroatoms. The van der Waals surface area contributed by atoms with Crippen LogP contribution in [0.2, 0.25) is 0 Å². The van der Waals surface area contributed by atoms with E-state index in [1.165, 1.54) is 9.87 Å². The molecule has 0 aromatic heterocycles. The quantitative estimate of drug-likeness (QED) is 0.798. The molecule has 0 unspecified atom stereocenters. The first-order valence-electron chi connectivity index (χ1n) is 6.88. The Morgan fingerprint density at radius 3 is 2.70 bits per heavy atom. The summed E-state index contributed by atoms with van der Waals surface area (Å²) >= 11 is 0. The van der Waals surface area contributed by atoms with Gasteiger partial charge in [0, 0.05) is 39.5 Å². The maximum absolute atomic E-state index is 12.2. The Labute approximate surface area is 120 Å². The molecule has 1 heterocycles. The highest BCUT2D eigenvalue weighted by atomic mass is 32.2. The molecule has 0 fully saturated rings. The van der Waals surface area contributed by atoms with Crippen LogP contribution < -0.4 is 4.90 Å². The van der Waals surface area contributed by atoms with E-state index in [0.29, 0.717) is 4.90 Å². The van der Waals surface area contributed by atoms with Crippen LogP contribution in [0.25, 0.3) is 0 Å². The average Bonchev–Trinajstić information content (AvgIpc) is 2.81. The Hall–Kier alpha value is -1.11. The summed E-state index contributed by atoms with van der Waals surface area (Å²) in [4.78, 5) is 2.55. The van der Waals surface area contributed by atoms with Gasteiger partial charge in [-0.1, -0.05) is 6.07 Å². The maximum Gasteiger partial charge on any atom is 0.242 e. The average molecular weight is 298 g/mol. The number of rotatable bonds is 6. The van der Waals surface area contributed by atoms with Crippen molar-refractivity contribution in [2.75, 3.05) is 38.7 Å². The lowest BCUT2D eigenvalue weighted by Crippen LogP contribution is -2.24. The van der Waals surface area contributed by atoms with Gasteiger partial charge in [0.25, 0.3) is 0 Å². The minimum atomic E-state index is -3.38. The number of hydrogen-bond donors (Lipinski definition) is 1. The van der Waals surface area contributed by atoms with Crippen LogP contribution in [0.3, 0.4) is 0 Å². The van der Waals surface area contributed by atoms with Crippen molar-refractivity contribution < 1.29 is 13.5 Å². The van der Waals surface area contributed by atoms with E-state index in [9.17, 15) is 8.42 Å². The van der Waals surface area contributed by atoms with Crippen molar-refractivity contribution in [2.45, 2.75) is 24.2 Å². The summed E-state index contributed by atoms with van der Waals surface area (Å²) in [5, 5.41) is 8.84. The summed E-state index contributed by atoms with van der Waals surface area (Å²) in [6.07, 6.45) is 2.65. The van der Waals surface area contributed by atoms with E-state index in [0.717, 1.165) is 38.0 Å². The van der Waals surface area contributed by atoms with E-state index >= 15 is 0 Å². The molecule has 20 heavy (non-hydrogen) atoms. The molecule has 1 aliphatic heterocycles. The molecule has 0 bridgehead atoms. The van der Waals surface area contributed by atoms with Crippen molar-refractivity contribution in [3.63, 3.8) is 0 Å². The molecule has 0 spiro atoms. The molecule has 112 valence electrons. The number of sulfonamides is 1. The SMILES string of the molecule is CN(C)S(=O)(=O)c1ccc2c(c1)N(CCCCO)CC2. The lowest BCUT2D eigenvalue weighted by Gasteiger charge is -2.20. The summed E-state index contributed by atoms with van der Waals surface area (Å²) in [5.41, 5.74) is 2.22. The first-order valence-corrected chi connectivity index (χ1v) is 8.32. The second-order valence-electron chi connectivity index (χ2n) is 5.25. The molecular weight excluding hydrogens is 276 g/mol. The first-order chi connectivity index (χ1) is 9.46. The fourth-order valence-corrected chi connectivity index (χ4v) is 3.37. The predicted octanol–water partition coefficient (Wildman–Crippen LogP) is 1.07. The van der Waals surface area contributed by atoms with Gasteiger partial charge in [0.2, 0.25) is 10.0 Å². The standard InChI is InChI=1S/C14H22N2O3S/c1-15(2)20(18,19)13-6-5-12-7-9-16(14(12)11-13)8-3-4-10-17/h5-6,11,17H,3-4,7-10H2,1-2H3. The predicted molar refractivity (Wildman–Crippen MR) is 79.6 cm³/mol. The third-order valence-corrected chi connectivity index (χ3v) is 5.47. The van der Waals surface area contributed by atoms with Crippen molar-refractivity contribution in [3.05, 3.63) is 23.8 Å². The molecule has 2 rings (SSSR count). The summed E-state index contributed by atoms with van der Waals surface area (Å²) in [6, 6.07) is 5.37. The summed E-state index contributed by atoms with van der Waals surface area (Å²) in [5.74, 6) is 0. The number of benzene rings is 1. The maximum atomic E-state index is 12.2. The zero-order valence-electron chi connectivity index (χ0n) is 12.0. The third kappa shape index (κ3) is 2.97. The Bertz CT molecular complexity index is 570. The molecule has 1 aliphatic rings. The van der Waals surface area contributed by atoms with Crippen LogP contribution in [-0.2, 0) is 16.4 Å². The topological polar surface area (TPSA) is 60.9 Å². The largest absolute Gasteiger partial charge is 0.396 e. The first kappa shape index (κ1) is 15.3. The van der Waals surface area contributed by atoms with Crippen molar-refractivity contribution in [2.24, 2.45) is 0 Å². The summed E-state index contributed by atoms with van der Waals surface area (Å²) < 4.78 is 25.6. The smallest absolute Gasteiger partial charge is 0.242 e. The number of fused-ring (bicyclic) bond motifs is 1. The van der Waals surface area contributed by atoms with Gasteiger partial charge in [0.1, 0.15) is 0 Å². The highest BCUT2D eigenvalue weighted by molar-refractivity contribution is 7.89. The number of hydrogen-bond acceptors (Lipinski definition) is 4. The van der Waals surface area contributed by atoms with Crippen LogP contribution >= 0.6 is 0 Å². The van der Waals surface area contributed by atoms with Crippen LogP contribution in [0, 0.1) is 0 Å². The van der Waals surface area contributed by atoms with Crippen LogP contribution in [-0.4, -0.2) is 51.6 Å². The molecule has 0 amide bonds. The minimum absolute atomic E-state index is 0.204. The Kier molecular flexibility index (Phi) is 4.67. The molecule has 0 saturated heterocycles. The lowest BCUT2D eigenvalue weighted by molar-refractivity contribution is 0.285. The highest BCUT2D eigenvalue weighted by Gasteiger charge is 2.23. The molecule has 5 nitrogen and oxygen atoms in total. The van der Waals surface area contributed by atoms with Gasteiger partial charge in [-0.3, -0.25) is 0 Å². The van der Waals surface area contributed by atoms with E-state index in [1.807, 2.05) is 6.07 Å². The van der Waals surface area contributed by atoms with Crippen molar-refractivity contribution in [3.8, 4) is 0 Å². The van der Waals surface area contributed by atoms with Crippen molar-refractivity contribution in [1.29, 1.82) is 0 Å². The van der Waals surface area contributed by atoms with Gasteiger partial charge in [-0.25, -0.2) is 12.7 Å². The van der Waals surface area contributed by atoms with E-state index in [1.54, 1.807) is 26.2 Å². The molecular formula is C14H22N2O3S. The number of aliphatic hydroxyl groups excluding tert-OH is 1. The van der Waals surface area contributed by atoms with Gasteiger partial charge in [-0.2, -0.15) is 0 Å². The lowest BCUT2D eigenvalue weighted by atomic mass is 10.2. The fraction of sp³-hybridized carbons (Fsp3) is 0.571. The number of anilines is 1. The molecule has 0 aliphatic carbocycles. The van der Waals surface area contributed by atoms with E-state index in [4.69, 9.17) is 5.11 Å². The highest BCUT2D eigenvalue weighted by Crippen LogP contribution is 2.31. The van der Waals surface area contributed by atoms with Gasteiger partial charge in [0.15, 0.2) is 0 Å². The second-order valence-corrected chi connectivity index (χ2v) is 7.40. The fourth-order valence-electron chi connectivity index (χ4n) is 2.44. The van der Waals surface area contributed by atoms with E-state index < -0.39 is 10.0 Å². The number of unbranched alkanes of at least 4 members (excludes halogenated alkanes) is 1. The zero-order chi connectivity index (χ0) is 14.8. The van der Waals surface area contributed by atoms with Crippen molar-refractivity contribution in [1.82, 2.24) is 4.31 Å². The van der Waals surface area contributed by atoms with Gasteiger partial charge < -0.3 is 10.0 Å². The van der Waals surface area contributed by atoms with Gasteiger partial charge in [-0.15, -0.1) is 0 Å². The van der Waals surface area contributed by atoms with Crippen LogP contribution in [0.1, 0.15) is 18.4 Å². The molecule has 1 aromatic rings. The van der Waals surface area contributed by atoms with E-state index in [2.05, 4.69) is 4.90 Å². The zero-order valence-corrected chi connectivity index (χ0v) is 12.9. The molecule has 0 saturated carbocycles. The normalized spacial score (nSPS) is 14.9. The van der Waals surface area contributed by atoms with Gasteiger partial charge in [0.05, 0.1) is 4.90 Å². The Morgan fingerprint density at radius 2 is 2.05 bits per heavy atom. The molecule has 1 N–H and O–H groups in total. The van der Waals surface area contributed by atoms with Crippen LogP contribution in [0.4, 0.5) is 5.69 Å². The monoisotopic (exact) mass is 298 g/mol. The Balaban J connectivity index is 2.24. The molecule has 0 atom stereocenters. The van der Waals surface area contributed by atoms with Gasteiger partial charge in [-0.05, 0) is 37.0 Å². The number of aliphatic hydroxyl groups is 1. The molecule has 1 aromatic carbocycles. The second kappa shape index (κ2) is 6.11. The summed E-state index contributed by atoms with van der Waals surface area (Å²) in [7, 11) is -0.294.